The molecule has 0 spiro atoms. The molecule has 1 amide bonds. The van der Waals surface area contributed by atoms with E-state index in [1.807, 2.05) is 43.3 Å². The Morgan fingerprint density at radius 2 is 1.72 bits per heavy atom. The monoisotopic (exact) mass is 357 g/mol. The number of hydrogen-bond donors (Lipinski definition) is 1. The molecule has 0 saturated carbocycles. The Morgan fingerprint density at radius 3 is 2.32 bits per heavy atom. The van der Waals surface area contributed by atoms with Crippen molar-refractivity contribution in [2.24, 2.45) is 5.92 Å². The van der Waals surface area contributed by atoms with E-state index in [9.17, 15) is 14.7 Å². The molecular formula is C20H20ClNO3. The first kappa shape index (κ1) is 17.5. The average molecular weight is 358 g/mol. The number of carboxylic acids is 1. The van der Waals surface area contributed by atoms with Crippen molar-refractivity contribution in [1.29, 1.82) is 0 Å². The van der Waals surface area contributed by atoms with Gasteiger partial charge in [0.05, 0.1) is 12.3 Å². The van der Waals surface area contributed by atoms with Gasteiger partial charge in [0.2, 0.25) is 5.91 Å². The molecule has 2 aromatic carbocycles. The van der Waals surface area contributed by atoms with Crippen LogP contribution in [0, 0.1) is 12.8 Å². The Balaban J connectivity index is 1.75. The molecule has 2 aromatic rings. The molecule has 0 aliphatic carbocycles. The predicted octanol–water partition coefficient (Wildman–Crippen LogP) is 3.52. The quantitative estimate of drug-likeness (QED) is 0.910. The van der Waals surface area contributed by atoms with Gasteiger partial charge in [-0.1, -0.05) is 53.6 Å². The van der Waals surface area contributed by atoms with Gasteiger partial charge < -0.3 is 10.0 Å². The lowest BCUT2D eigenvalue weighted by Gasteiger charge is -2.17. The third-order valence-corrected chi connectivity index (χ3v) is 5.02. The van der Waals surface area contributed by atoms with Crippen molar-refractivity contribution in [2.75, 3.05) is 13.1 Å². The zero-order valence-corrected chi connectivity index (χ0v) is 14.7. The van der Waals surface area contributed by atoms with Crippen LogP contribution in [0.5, 0.6) is 0 Å². The SMILES string of the molecule is Cc1ccc(CC(=O)N2C[C@@H](C(=O)O)[C@H](c3ccc(Cl)cc3)C2)cc1. The maximum atomic E-state index is 12.6. The highest BCUT2D eigenvalue weighted by Gasteiger charge is 2.40. The number of benzene rings is 2. The second kappa shape index (κ2) is 7.28. The van der Waals surface area contributed by atoms with Crippen molar-refractivity contribution in [2.45, 2.75) is 19.3 Å². The summed E-state index contributed by atoms with van der Waals surface area (Å²) in [6.07, 6.45) is 0.292. The molecule has 1 N–H and O–H groups in total. The van der Waals surface area contributed by atoms with Crippen molar-refractivity contribution in [3.05, 3.63) is 70.2 Å². The number of nitrogens with zero attached hydrogens (tertiary/aromatic N) is 1. The minimum atomic E-state index is -0.870. The topological polar surface area (TPSA) is 57.6 Å². The maximum Gasteiger partial charge on any atom is 0.308 e. The molecule has 1 heterocycles. The van der Waals surface area contributed by atoms with E-state index in [0.717, 1.165) is 16.7 Å². The van der Waals surface area contributed by atoms with Gasteiger partial charge in [0.1, 0.15) is 0 Å². The highest BCUT2D eigenvalue weighted by atomic mass is 35.5. The van der Waals surface area contributed by atoms with Crippen LogP contribution in [0.4, 0.5) is 0 Å². The Bertz CT molecular complexity index is 771. The van der Waals surface area contributed by atoms with E-state index >= 15 is 0 Å². The number of aryl methyl sites for hydroxylation is 1. The van der Waals surface area contributed by atoms with Crippen LogP contribution >= 0.6 is 11.6 Å². The van der Waals surface area contributed by atoms with E-state index in [1.165, 1.54) is 0 Å². The maximum absolute atomic E-state index is 12.6. The van der Waals surface area contributed by atoms with Gasteiger partial charge in [-0.25, -0.2) is 0 Å². The van der Waals surface area contributed by atoms with Crippen LogP contribution in [-0.2, 0) is 16.0 Å². The Hall–Kier alpha value is -2.33. The van der Waals surface area contributed by atoms with Crippen molar-refractivity contribution >= 4 is 23.5 Å². The van der Waals surface area contributed by atoms with Crippen molar-refractivity contribution < 1.29 is 14.7 Å². The number of rotatable bonds is 4. The summed E-state index contributed by atoms with van der Waals surface area (Å²) in [5.41, 5.74) is 2.99. The molecule has 130 valence electrons. The zero-order chi connectivity index (χ0) is 18.0. The van der Waals surface area contributed by atoms with Crippen molar-refractivity contribution in [3.8, 4) is 0 Å². The molecule has 0 unspecified atom stereocenters. The summed E-state index contributed by atoms with van der Waals surface area (Å²) in [5.74, 6) is -1.71. The average Bonchev–Trinajstić information content (AvgIpc) is 3.03. The fourth-order valence-electron chi connectivity index (χ4n) is 3.30. The summed E-state index contributed by atoms with van der Waals surface area (Å²) in [6.45, 7) is 2.66. The fraction of sp³-hybridized carbons (Fsp3) is 0.300. The summed E-state index contributed by atoms with van der Waals surface area (Å²) >= 11 is 5.92. The van der Waals surface area contributed by atoms with Crippen molar-refractivity contribution in [1.82, 2.24) is 4.90 Å². The number of likely N-dealkylation sites (tertiary alicyclic amines) is 1. The Kier molecular flexibility index (Phi) is 5.09. The predicted molar refractivity (Wildman–Crippen MR) is 96.8 cm³/mol. The molecule has 1 fully saturated rings. The van der Waals surface area contributed by atoms with Crippen LogP contribution in [0.3, 0.4) is 0 Å². The highest BCUT2D eigenvalue weighted by molar-refractivity contribution is 6.30. The van der Waals surface area contributed by atoms with Gasteiger partial charge in [0.15, 0.2) is 0 Å². The molecular weight excluding hydrogens is 338 g/mol. The largest absolute Gasteiger partial charge is 0.481 e. The number of amides is 1. The standard InChI is InChI=1S/C20H20ClNO3/c1-13-2-4-14(5-3-13)10-19(23)22-11-17(18(12-22)20(24)25)15-6-8-16(21)9-7-15/h2-9,17-18H,10-12H2,1H3,(H,24,25)/t17-,18+/m0/s1. The molecule has 2 atom stereocenters. The molecule has 25 heavy (non-hydrogen) atoms. The van der Waals surface area contributed by atoms with E-state index in [1.54, 1.807) is 17.0 Å². The summed E-state index contributed by atoms with van der Waals surface area (Å²) in [6, 6.07) is 15.0. The minimum absolute atomic E-state index is 0.0356. The lowest BCUT2D eigenvalue weighted by Crippen LogP contribution is -2.31. The first-order valence-electron chi connectivity index (χ1n) is 8.25. The normalized spacial score (nSPS) is 19.8. The lowest BCUT2D eigenvalue weighted by molar-refractivity contribution is -0.141. The molecule has 1 aliphatic heterocycles. The van der Waals surface area contributed by atoms with Crippen LogP contribution in [0.25, 0.3) is 0 Å². The number of carboxylic acid groups (broad SMARTS) is 1. The van der Waals surface area contributed by atoms with Gasteiger partial charge in [0, 0.05) is 24.0 Å². The summed E-state index contributed by atoms with van der Waals surface area (Å²) in [5, 5.41) is 10.2. The number of carbonyl (C=O) groups excluding carboxylic acids is 1. The van der Waals surface area contributed by atoms with Gasteiger partial charge in [-0.05, 0) is 30.2 Å². The molecule has 0 bridgehead atoms. The smallest absolute Gasteiger partial charge is 0.308 e. The molecule has 0 radical (unpaired) electrons. The fourth-order valence-corrected chi connectivity index (χ4v) is 3.42. The second-order valence-electron chi connectivity index (χ2n) is 6.56. The van der Waals surface area contributed by atoms with Gasteiger partial charge in [-0.2, -0.15) is 0 Å². The number of aliphatic carboxylic acids is 1. The lowest BCUT2D eigenvalue weighted by atomic mass is 9.89. The first-order chi connectivity index (χ1) is 11.9. The van der Waals surface area contributed by atoms with Crippen LogP contribution in [0.1, 0.15) is 22.6 Å². The van der Waals surface area contributed by atoms with E-state index in [0.29, 0.717) is 18.0 Å². The summed E-state index contributed by atoms with van der Waals surface area (Å²) in [4.78, 5) is 25.9. The molecule has 5 heteroatoms. The third kappa shape index (κ3) is 4.02. The number of carbonyl (C=O) groups is 2. The molecule has 1 aliphatic rings. The van der Waals surface area contributed by atoms with E-state index in [-0.39, 0.29) is 18.4 Å². The molecule has 4 nitrogen and oxygen atoms in total. The summed E-state index contributed by atoms with van der Waals surface area (Å²) < 4.78 is 0. The third-order valence-electron chi connectivity index (χ3n) is 4.76. The van der Waals surface area contributed by atoms with Crippen LogP contribution < -0.4 is 0 Å². The van der Waals surface area contributed by atoms with Gasteiger partial charge >= 0.3 is 5.97 Å². The Labute approximate surface area is 152 Å². The summed E-state index contributed by atoms with van der Waals surface area (Å²) in [7, 11) is 0. The van der Waals surface area contributed by atoms with Gasteiger partial charge in [0.25, 0.3) is 0 Å². The van der Waals surface area contributed by atoms with Crippen LogP contribution in [-0.4, -0.2) is 35.0 Å². The molecule has 3 rings (SSSR count). The first-order valence-corrected chi connectivity index (χ1v) is 8.63. The van der Waals surface area contributed by atoms with Gasteiger partial charge in [-0.3, -0.25) is 9.59 Å². The Morgan fingerprint density at radius 1 is 1.08 bits per heavy atom. The minimum Gasteiger partial charge on any atom is -0.481 e. The van der Waals surface area contributed by atoms with Crippen molar-refractivity contribution in [3.63, 3.8) is 0 Å². The zero-order valence-electron chi connectivity index (χ0n) is 14.0. The van der Waals surface area contributed by atoms with Gasteiger partial charge in [-0.15, -0.1) is 0 Å². The van der Waals surface area contributed by atoms with Crippen LogP contribution in [0.15, 0.2) is 48.5 Å². The molecule has 1 saturated heterocycles. The van der Waals surface area contributed by atoms with E-state index < -0.39 is 11.9 Å². The number of hydrogen-bond acceptors (Lipinski definition) is 2. The number of halogens is 1. The van der Waals surface area contributed by atoms with Crippen LogP contribution in [0.2, 0.25) is 5.02 Å². The second-order valence-corrected chi connectivity index (χ2v) is 7.00. The van der Waals surface area contributed by atoms with E-state index in [2.05, 4.69) is 0 Å². The molecule has 0 aromatic heterocycles. The highest BCUT2D eigenvalue weighted by Crippen LogP contribution is 2.33. The van der Waals surface area contributed by atoms with E-state index in [4.69, 9.17) is 11.6 Å².